The van der Waals surface area contributed by atoms with Crippen LogP contribution in [0, 0.1) is 0 Å². The number of esters is 1. The predicted octanol–water partition coefficient (Wildman–Crippen LogP) is 7.11. The van der Waals surface area contributed by atoms with Crippen molar-refractivity contribution in [1.29, 1.82) is 0 Å². The zero-order valence-electron chi connectivity index (χ0n) is 20.4. The molecule has 2 heterocycles. The molecule has 0 N–H and O–H groups in total. The van der Waals surface area contributed by atoms with Gasteiger partial charge in [-0.25, -0.2) is 4.98 Å². The summed E-state index contributed by atoms with van der Waals surface area (Å²) in [6, 6.07) is 28.1. The molecule has 36 heavy (non-hydrogen) atoms. The van der Waals surface area contributed by atoms with Crippen molar-refractivity contribution >= 4 is 5.97 Å². The average molecular weight is 480 g/mol. The molecule has 1 aliphatic heterocycles. The monoisotopic (exact) mass is 479 g/mol. The Kier molecular flexibility index (Phi) is 5.73. The van der Waals surface area contributed by atoms with Crippen LogP contribution in [0.25, 0.3) is 22.6 Å². The number of rotatable bonds is 8. The van der Waals surface area contributed by atoms with Crippen molar-refractivity contribution in [2.45, 2.75) is 56.7 Å². The fourth-order valence-electron chi connectivity index (χ4n) is 5.58. The molecular weight excluding hydrogens is 450 g/mol. The number of benzene rings is 3. The second-order valence-electron chi connectivity index (χ2n) is 9.75. The molecule has 0 radical (unpaired) electrons. The standard InChI is InChI=1S/C31H29NO4/c1-2-11-26(33)34-25-17-9-12-22(20-25)21-30-18-10-19-31(30,36-30)29-32-27(23-13-5-3-6-14-23)28(35-29)24-15-7-4-8-16-24/h3-9,12-17,20H,2,10-11,18-19,21H2,1H3. The normalized spacial score (nSPS) is 22.2. The van der Waals surface area contributed by atoms with E-state index in [2.05, 4.69) is 30.3 Å². The first-order chi connectivity index (χ1) is 17.6. The van der Waals surface area contributed by atoms with Crippen molar-refractivity contribution in [1.82, 2.24) is 4.98 Å². The van der Waals surface area contributed by atoms with Crippen LogP contribution in [0.4, 0.5) is 0 Å². The number of hydrogen-bond donors (Lipinski definition) is 0. The highest BCUT2D eigenvalue weighted by atomic mass is 16.6. The van der Waals surface area contributed by atoms with Gasteiger partial charge in [0.15, 0.2) is 11.4 Å². The molecule has 1 saturated heterocycles. The Bertz CT molecular complexity index is 1320. The quantitative estimate of drug-likeness (QED) is 0.153. The molecule has 182 valence electrons. The number of fused-ring (bicyclic) bond motifs is 1. The van der Waals surface area contributed by atoms with Crippen molar-refractivity contribution in [3.63, 3.8) is 0 Å². The summed E-state index contributed by atoms with van der Waals surface area (Å²) in [7, 11) is 0. The van der Waals surface area contributed by atoms with Gasteiger partial charge >= 0.3 is 5.97 Å². The van der Waals surface area contributed by atoms with Gasteiger partial charge in [0.2, 0.25) is 5.89 Å². The van der Waals surface area contributed by atoms with Crippen LogP contribution >= 0.6 is 0 Å². The SMILES string of the molecule is CCCC(=O)Oc1cccc(CC23CCCC2(c2nc(-c4ccccc4)c(-c4ccccc4)o2)O3)c1. The summed E-state index contributed by atoms with van der Waals surface area (Å²) >= 11 is 0. The molecule has 2 unspecified atom stereocenters. The Morgan fingerprint density at radius 2 is 1.69 bits per heavy atom. The lowest BCUT2D eigenvalue weighted by Crippen LogP contribution is -2.21. The van der Waals surface area contributed by atoms with E-state index in [1.165, 1.54) is 0 Å². The highest BCUT2D eigenvalue weighted by molar-refractivity contribution is 5.77. The lowest BCUT2D eigenvalue weighted by Gasteiger charge is -2.11. The van der Waals surface area contributed by atoms with Gasteiger partial charge in [-0.05, 0) is 43.4 Å². The van der Waals surface area contributed by atoms with Crippen LogP contribution < -0.4 is 4.74 Å². The minimum absolute atomic E-state index is 0.202. The first-order valence-electron chi connectivity index (χ1n) is 12.7. The minimum atomic E-state index is -0.529. The molecule has 2 atom stereocenters. The second-order valence-corrected chi connectivity index (χ2v) is 9.75. The molecule has 2 aliphatic rings. The van der Waals surface area contributed by atoms with E-state index >= 15 is 0 Å². The number of hydrogen-bond acceptors (Lipinski definition) is 5. The maximum Gasteiger partial charge on any atom is 0.311 e. The van der Waals surface area contributed by atoms with Crippen LogP contribution in [0.2, 0.25) is 0 Å². The molecular formula is C31H29NO4. The third kappa shape index (κ3) is 3.94. The van der Waals surface area contributed by atoms with Crippen LogP contribution in [-0.4, -0.2) is 16.6 Å². The summed E-state index contributed by atoms with van der Waals surface area (Å²) in [6.07, 6.45) is 4.77. The molecule has 4 aromatic rings. The molecule has 0 amide bonds. The average Bonchev–Trinajstić information content (AvgIpc) is 3.19. The Labute approximate surface area is 211 Å². The number of nitrogens with zero attached hydrogens (tertiary/aromatic N) is 1. The van der Waals surface area contributed by atoms with E-state index in [0.717, 1.165) is 60.2 Å². The molecule has 5 heteroatoms. The van der Waals surface area contributed by atoms with Crippen LogP contribution in [0.1, 0.15) is 50.5 Å². The maximum absolute atomic E-state index is 12.0. The molecule has 0 spiro atoms. The van der Waals surface area contributed by atoms with Crippen LogP contribution in [0.3, 0.4) is 0 Å². The molecule has 1 aromatic heterocycles. The Morgan fingerprint density at radius 1 is 0.944 bits per heavy atom. The van der Waals surface area contributed by atoms with Gasteiger partial charge in [-0.1, -0.05) is 79.7 Å². The number of aromatic nitrogens is 1. The summed E-state index contributed by atoms with van der Waals surface area (Å²) in [5, 5.41) is 0. The summed E-state index contributed by atoms with van der Waals surface area (Å²) in [4.78, 5) is 17.0. The molecule has 5 nitrogen and oxygen atoms in total. The van der Waals surface area contributed by atoms with E-state index < -0.39 is 5.60 Å². The number of ether oxygens (including phenoxy) is 2. The van der Waals surface area contributed by atoms with E-state index in [9.17, 15) is 4.79 Å². The summed E-state index contributed by atoms with van der Waals surface area (Å²) < 4.78 is 18.6. The molecule has 0 bridgehead atoms. The fraction of sp³-hybridized carbons (Fsp3) is 0.290. The molecule has 6 rings (SSSR count). The molecule has 1 aliphatic carbocycles. The van der Waals surface area contributed by atoms with Crippen molar-refractivity contribution in [3.05, 3.63) is 96.4 Å². The van der Waals surface area contributed by atoms with Gasteiger partial charge in [-0.15, -0.1) is 0 Å². The third-order valence-electron chi connectivity index (χ3n) is 7.30. The zero-order valence-corrected chi connectivity index (χ0v) is 20.4. The van der Waals surface area contributed by atoms with E-state index in [1.807, 2.05) is 61.5 Å². The highest BCUT2D eigenvalue weighted by Gasteiger charge is 2.75. The van der Waals surface area contributed by atoms with Gasteiger partial charge in [-0.2, -0.15) is 0 Å². The van der Waals surface area contributed by atoms with Crippen LogP contribution in [0.5, 0.6) is 5.75 Å². The summed E-state index contributed by atoms with van der Waals surface area (Å²) in [5.41, 5.74) is 3.06. The van der Waals surface area contributed by atoms with E-state index in [0.29, 0.717) is 18.1 Å². The minimum Gasteiger partial charge on any atom is -0.437 e. The number of carbonyl (C=O) groups excluding carboxylic acids is 1. The summed E-state index contributed by atoms with van der Waals surface area (Å²) in [5.74, 6) is 1.81. The summed E-state index contributed by atoms with van der Waals surface area (Å²) in [6.45, 7) is 1.97. The van der Waals surface area contributed by atoms with Gasteiger partial charge in [-0.3, -0.25) is 4.79 Å². The van der Waals surface area contributed by atoms with Crippen LogP contribution in [-0.2, 0) is 21.6 Å². The van der Waals surface area contributed by atoms with Gasteiger partial charge in [0.25, 0.3) is 0 Å². The van der Waals surface area contributed by atoms with Gasteiger partial charge in [0.1, 0.15) is 17.0 Å². The maximum atomic E-state index is 12.0. The lowest BCUT2D eigenvalue weighted by molar-refractivity contribution is -0.134. The number of carbonyl (C=O) groups is 1. The number of oxazole rings is 1. The van der Waals surface area contributed by atoms with E-state index in [-0.39, 0.29) is 11.6 Å². The van der Waals surface area contributed by atoms with Crippen molar-refractivity contribution < 1.29 is 18.7 Å². The lowest BCUT2D eigenvalue weighted by atomic mass is 9.89. The Morgan fingerprint density at radius 3 is 2.44 bits per heavy atom. The van der Waals surface area contributed by atoms with E-state index in [1.54, 1.807) is 0 Å². The second kappa shape index (κ2) is 9.07. The van der Waals surface area contributed by atoms with Gasteiger partial charge in [0, 0.05) is 24.0 Å². The molecule has 3 aromatic carbocycles. The zero-order chi connectivity index (χ0) is 24.6. The number of epoxide rings is 1. The van der Waals surface area contributed by atoms with Crippen molar-refractivity contribution in [3.8, 4) is 28.3 Å². The largest absolute Gasteiger partial charge is 0.437 e. The molecule has 2 fully saturated rings. The first-order valence-corrected chi connectivity index (χ1v) is 12.7. The predicted molar refractivity (Wildman–Crippen MR) is 137 cm³/mol. The molecule has 1 saturated carbocycles. The van der Waals surface area contributed by atoms with Crippen LogP contribution in [0.15, 0.2) is 89.3 Å². The van der Waals surface area contributed by atoms with Gasteiger partial charge in [0.05, 0.1) is 0 Å². The van der Waals surface area contributed by atoms with Crippen molar-refractivity contribution in [2.75, 3.05) is 0 Å². The third-order valence-corrected chi connectivity index (χ3v) is 7.30. The highest BCUT2D eigenvalue weighted by Crippen LogP contribution is 2.67. The van der Waals surface area contributed by atoms with Gasteiger partial charge < -0.3 is 13.9 Å². The smallest absolute Gasteiger partial charge is 0.311 e. The Hall–Kier alpha value is -3.70. The first kappa shape index (κ1) is 22.7. The fourth-order valence-corrected chi connectivity index (χ4v) is 5.58. The topological polar surface area (TPSA) is 64.9 Å². The van der Waals surface area contributed by atoms with E-state index in [4.69, 9.17) is 18.9 Å². The Balaban J connectivity index is 1.33. The van der Waals surface area contributed by atoms with Crippen molar-refractivity contribution in [2.24, 2.45) is 0 Å².